The summed E-state index contributed by atoms with van der Waals surface area (Å²) in [5, 5.41) is 3.49. The second-order valence-corrected chi connectivity index (χ2v) is 5.12. The molecule has 0 heterocycles. The molecule has 0 amide bonds. The normalized spacial score (nSPS) is 30.1. The highest BCUT2D eigenvalue weighted by Crippen LogP contribution is 2.30. The molecule has 0 aliphatic heterocycles. The minimum Gasteiger partial charge on any atom is -0.382 e. The SMILES string of the molecule is CC1CCC(Nc2ccc(F)cc2)CC1C. The van der Waals surface area contributed by atoms with E-state index < -0.39 is 0 Å². The Hall–Kier alpha value is -1.05. The van der Waals surface area contributed by atoms with Crippen LogP contribution in [0.2, 0.25) is 0 Å². The summed E-state index contributed by atoms with van der Waals surface area (Å²) >= 11 is 0. The second kappa shape index (κ2) is 4.86. The van der Waals surface area contributed by atoms with Crippen LogP contribution >= 0.6 is 0 Å². The van der Waals surface area contributed by atoms with Crippen molar-refractivity contribution in [2.75, 3.05) is 5.32 Å². The fourth-order valence-corrected chi connectivity index (χ4v) is 2.46. The molecule has 3 unspecified atom stereocenters. The molecule has 1 saturated carbocycles. The van der Waals surface area contributed by atoms with E-state index in [0.717, 1.165) is 17.5 Å². The van der Waals surface area contributed by atoms with Crippen LogP contribution in [0.15, 0.2) is 24.3 Å². The van der Waals surface area contributed by atoms with E-state index in [2.05, 4.69) is 19.2 Å². The fraction of sp³-hybridized carbons (Fsp3) is 0.571. The molecule has 1 N–H and O–H groups in total. The van der Waals surface area contributed by atoms with Gasteiger partial charge in [-0.15, -0.1) is 0 Å². The zero-order valence-corrected chi connectivity index (χ0v) is 10.0. The second-order valence-electron chi connectivity index (χ2n) is 5.12. The van der Waals surface area contributed by atoms with Crippen molar-refractivity contribution in [2.45, 2.75) is 39.2 Å². The molecule has 0 bridgehead atoms. The number of benzene rings is 1. The largest absolute Gasteiger partial charge is 0.382 e. The van der Waals surface area contributed by atoms with Crippen LogP contribution in [0.1, 0.15) is 33.1 Å². The van der Waals surface area contributed by atoms with Gasteiger partial charge in [-0.1, -0.05) is 13.8 Å². The number of anilines is 1. The predicted molar refractivity (Wildman–Crippen MR) is 66.0 cm³/mol. The Balaban J connectivity index is 1.93. The van der Waals surface area contributed by atoms with Crippen LogP contribution in [0.4, 0.5) is 10.1 Å². The molecule has 1 aliphatic rings. The molecule has 3 atom stereocenters. The first-order chi connectivity index (χ1) is 7.65. The van der Waals surface area contributed by atoms with Gasteiger partial charge >= 0.3 is 0 Å². The van der Waals surface area contributed by atoms with Crippen LogP contribution in [-0.4, -0.2) is 6.04 Å². The van der Waals surface area contributed by atoms with Crippen molar-refractivity contribution in [3.05, 3.63) is 30.1 Å². The van der Waals surface area contributed by atoms with E-state index in [-0.39, 0.29) is 5.82 Å². The summed E-state index contributed by atoms with van der Waals surface area (Å²) in [4.78, 5) is 0. The van der Waals surface area contributed by atoms with Crippen LogP contribution in [0.3, 0.4) is 0 Å². The Morgan fingerprint density at radius 2 is 1.75 bits per heavy atom. The van der Waals surface area contributed by atoms with Gasteiger partial charge in [0, 0.05) is 11.7 Å². The Bertz CT molecular complexity index is 333. The van der Waals surface area contributed by atoms with Crippen molar-refractivity contribution in [3.8, 4) is 0 Å². The third-order valence-electron chi connectivity index (χ3n) is 3.81. The maximum Gasteiger partial charge on any atom is 0.123 e. The van der Waals surface area contributed by atoms with Gasteiger partial charge in [0.25, 0.3) is 0 Å². The van der Waals surface area contributed by atoms with E-state index >= 15 is 0 Å². The van der Waals surface area contributed by atoms with Crippen molar-refractivity contribution >= 4 is 5.69 Å². The van der Waals surface area contributed by atoms with Crippen molar-refractivity contribution in [3.63, 3.8) is 0 Å². The van der Waals surface area contributed by atoms with Gasteiger partial charge < -0.3 is 5.32 Å². The van der Waals surface area contributed by atoms with Gasteiger partial charge in [-0.25, -0.2) is 4.39 Å². The first-order valence-corrected chi connectivity index (χ1v) is 6.17. The van der Waals surface area contributed by atoms with Crippen molar-refractivity contribution in [2.24, 2.45) is 11.8 Å². The van der Waals surface area contributed by atoms with Gasteiger partial charge in [0.2, 0.25) is 0 Å². The number of nitrogens with one attached hydrogen (secondary N) is 1. The average molecular weight is 221 g/mol. The third-order valence-corrected chi connectivity index (χ3v) is 3.81. The monoisotopic (exact) mass is 221 g/mol. The molecule has 1 aliphatic carbocycles. The third kappa shape index (κ3) is 2.75. The number of halogens is 1. The minimum atomic E-state index is -0.170. The lowest BCUT2D eigenvalue weighted by Gasteiger charge is -2.33. The average Bonchev–Trinajstić information content (AvgIpc) is 2.27. The topological polar surface area (TPSA) is 12.0 Å². The van der Waals surface area contributed by atoms with E-state index in [1.165, 1.54) is 31.4 Å². The lowest BCUT2D eigenvalue weighted by molar-refractivity contribution is 0.261. The standard InChI is InChI=1S/C14H20FN/c1-10-3-6-14(9-11(10)2)16-13-7-4-12(15)5-8-13/h4-5,7-8,10-11,14,16H,3,6,9H2,1-2H3. The zero-order chi connectivity index (χ0) is 11.5. The summed E-state index contributed by atoms with van der Waals surface area (Å²) < 4.78 is 12.8. The zero-order valence-electron chi connectivity index (χ0n) is 10.0. The molecule has 88 valence electrons. The Morgan fingerprint density at radius 3 is 2.38 bits per heavy atom. The summed E-state index contributed by atoms with van der Waals surface area (Å²) in [6, 6.07) is 7.21. The van der Waals surface area contributed by atoms with Crippen LogP contribution in [0.25, 0.3) is 0 Å². The van der Waals surface area contributed by atoms with Crippen LogP contribution in [-0.2, 0) is 0 Å². The molecule has 0 radical (unpaired) electrons. The molecule has 2 rings (SSSR count). The Labute approximate surface area is 97.1 Å². The maximum atomic E-state index is 12.8. The van der Waals surface area contributed by atoms with E-state index in [9.17, 15) is 4.39 Å². The smallest absolute Gasteiger partial charge is 0.123 e. The first kappa shape index (κ1) is 11.4. The number of hydrogen-bond acceptors (Lipinski definition) is 1. The molecular formula is C14H20FN. The van der Waals surface area contributed by atoms with Gasteiger partial charge in [-0.05, 0) is 55.4 Å². The van der Waals surface area contributed by atoms with Crippen molar-refractivity contribution < 1.29 is 4.39 Å². The summed E-state index contributed by atoms with van der Waals surface area (Å²) in [6.45, 7) is 4.65. The summed E-state index contributed by atoms with van der Waals surface area (Å²) in [5.41, 5.74) is 1.04. The molecule has 2 heteroatoms. The molecule has 0 saturated heterocycles. The van der Waals surface area contributed by atoms with Gasteiger partial charge in [-0.3, -0.25) is 0 Å². The fourth-order valence-electron chi connectivity index (χ4n) is 2.46. The Kier molecular flexibility index (Phi) is 3.47. The highest BCUT2D eigenvalue weighted by Gasteiger charge is 2.24. The van der Waals surface area contributed by atoms with Gasteiger partial charge in [0.15, 0.2) is 0 Å². The molecule has 1 fully saturated rings. The summed E-state index contributed by atoms with van der Waals surface area (Å²) in [7, 11) is 0. The van der Waals surface area contributed by atoms with Gasteiger partial charge in [-0.2, -0.15) is 0 Å². The lowest BCUT2D eigenvalue weighted by Crippen LogP contribution is -2.30. The molecule has 0 spiro atoms. The number of rotatable bonds is 2. The molecular weight excluding hydrogens is 201 g/mol. The van der Waals surface area contributed by atoms with Gasteiger partial charge in [0.05, 0.1) is 0 Å². The number of hydrogen-bond donors (Lipinski definition) is 1. The maximum absolute atomic E-state index is 12.8. The predicted octanol–water partition coefficient (Wildman–Crippen LogP) is 4.06. The van der Waals surface area contributed by atoms with E-state index in [1.54, 1.807) is 0 Å². The van der Waals surface area contributed by atoms with E-state index in [0.29, 0.717) is 6.04 Å². The molecule has 1 aromatic rings. The van der Waals surface area contributed by atoms with Crippen LogP contribution in [0, 0.1) is 17.7 Å². The Morgan fingerprint density at radius 1 is 1.06 bits per heavy atom. The summed E-state index contributed by atoms with van der Waals surface area (Å²) in [6.07, 6.45) is 3.74. The van der Waals surface area contributed by atoms with Crippen molar-refractivity contribution in [1.29, 1.82) is 0 Å². The lowest BCUT2D eigenvalue weighted by atomic mass is 9.79. The highest BCUT2D eigenvalue weighted by molar-refractivity contribution is 5.43. The van der Waals surface area contributed by atoms with E-state index in [1.807, 2.05) is 12.1 Å². The van der Waals surface area contributed by atoms with Crippen LogP contribution in [0.5, 0.6) is 0 Å². The van der Waals surface area contributed by atoms with Crippen molar-refractivity contribution in [1.82, 2.24) is 0 Å². The molecule has 16 heavy (non-hydrogen) atoms. The first-order valence-electron chi connectivity index (χ1n) is 6.17. The summed E-state index contributed by atoms with van der Waals surface area (Å²) in [5.74, 6) is 1.45. The molecule has 0 aromatic heterocycles. The molecule has 1 aromatic carbocycles. The van der Waals surface area contributed by atoms with Crippen LogP contribution < -0.4 is 5.32 Å². The molecule has 1 nitrogen and oxygen atoms in total. The quantitative estimate of drug-likeness (QED) is 0.794. The van der Waals surface area contributed by atoms with E-state index in [4.69, 9.17) is 0 Å². The van der Waals surface area contributed by atoms with Gasteiger partial charge in [0.1, 0.15) is 5.82 Å². The highest BCUT2D eigenvalue weighted by atomic mass is 19.1. The minimum absolute atomic E-state index is 0.170.